The van der Waals surface area contributed by atoms with Crippen molar-refractivity contribution >= 4 is 35.5 Å². The maximum atomic E-state index is 12.9. The predicted molar refractivity (Wildman–Crippen MR) is 108 cm³/mol. The van der Waals surface area contributed by atoms with Crippen molar-refractivity contribution in [2.75, 3.05) is 0 Å². The fourth-order valence-corrected chi connectivity index (χ4v) is 3.21. The molecule has 0 bridgehead atoms. The third-order valence-corrected chi connectivity index (χ3v) is 4.88. The van der Waals surface area contributed by atoms with E-state index in [2.05, 4.69) is 10.5 Å². The van der Waals surface area contributed by atoms with Gasteiger partial charge in [0.25, 0.3) is 0 Å². The molecule has 3 nitrogen and oxygen atoms in total. The number of benzene rings is 3. The van der Waals surface area contributed by atoms with Crippen LogP contribution in [0.4, 0.5) is 4.39 Å². The lowest BCUT2D eigenvalue weighted by Crippen LogP contribution is -2.19. The number of hydrogen-bond donors (Lipinski definition) is 1. The summed E-state index contributed by atoms with van der Waals surface area (Å²) in [5, 5.41) is 4.67. The number of carbonyl (C=O) groups is 1. The summed E-state index contributed by atoms with van der Waals surface area (Å²) in [4.78, 5) is 14.0. The van der Waals surface area contributed by atoms with E-state index in [1.54, 1.807) is 30.1 Å². The van der Waals surface area contributed by atoms with E-state index < -0.39 is 0 Å². The van der Waals surface area contributed by atoms with E-state index in [1.165, 1.54) is 12.1 Å². The molecule has 0 saturated carbocycles. The van der Waals surface area contributed by atoms with Crippen LogP contribution in [0.25, 0.3) is 0 Å². The van der Waals surface area contributed by atoms with Gasteiger partial charge in [0.2, 0.25) is 5.91 Å². The number of halogens is 2. The molecule has 0 fully saturated rings. The Morgan fingerprint density at radius 3 is 2.19 bits per heavy atom. The number of rotatable bonds is 6. The molecule has 0 atom stereocenters. The van der Waals surface area contributed by atoms with Gasteiger partial charge in [0.05, 0.1) is 12.6 Å². The minimum Gasteiger partial charge on any atom is -0.273 e. The van der Waals surface area contributed by atoms with Gasteiger partial charge in [0, 0.05) is 14.8 Å². The minimum atomic E-state index is -0.324. The number of carbonyl (C=O) groups excluding carboxylic acids is 1. The van der Waals surface area contributed by atoms with Crippen molar-refractivity contribution in [3.63, 3.8) is 0 Å². The summed E-state index contributed by atoms with van der Waals surface area (Å²) < 4.78 is 12.9. The standard InChI is InChI=1S/C21H16ClFN2OS/c22-17-5-11-20(12-6-17)27-19-9-3-16(4-10-19)14-24-25-21(26)13-15-1-7-18(23)8-2-15/h1-12,14H,13H2,(H,25,26)/b24-14+. The summed E-state index contributed by atoms with van der Waals surface area (Å²) in [5.41, 5.74) is 4.08. The lowest BCUT2D eigenvalue weighted by atomic mass is 10.1. The first-order valence-electron chi connectivity index (χ1n) is 8.18. The van der Waals surface area contributed by atoms with Crippen LogP contribution in [0.5, 0.6) is 0 Å². The van der Waals surface area contributed by atoms with Crippen LogP contribution in [-0.2, 0) is 11.2 Å². The molecule has 136 valence electrons. The van der Waals surface area contributed by atoms with Crippen molar-refractivity contribution in [1.29, 1.82) is 0 Å². The van der Waals surface area contributed by atoms with E-state index in [9.17, 15) is 9.18 Å². The van der Waals surface area contributed by atoms with Gasteiger partial charge in [-0.3, -0.25) is 4.79 Å². The van der Waals surface area contributed by atoms with Gasteiger partial charge in [0.1, 0.15) is 5.82 Å². The van der Waals surface area contributed by atoms with Crippen LogP contribution in [0, 0.1) is 5.82 Å². The zero-order chi connectivity index (χ0) is 19.1. The Morgan fingerprint density at radius 2 is 1.56 bits per heavy atom. The molecule has 3 rings (SSSR count). The van der Waals surface area contributed by atoms with Gasteiger partial charge < -0.3 is 0 Å². The van der Waals surface area contributed by atoms with Gasteiger partial charge in [-0.1, -0.05) is 47.6 Å². The smallest absolute Gasteiger partial charge is 0.244 e. The van der Waals surface area contributed by atoms with Crippen molar-refractivity contribution in [2.24, 2.45) is 5.10 Å². The summed E-state index contributed by atoms with van der Waals surface area (Å²) in [6.45, 7) is 0. The average molecular weight is 399 g/mol. The molecule has 6 heteroatoms. The fourth-order valence-electron chi connectivity index (χ4n) is 2.27. The Balaban J connectivity index is 1.50. The highest BCUT2D eigenvalue weighted by Gasteiger charge is 2.02. The van der Waals surface area contributed by atoms with Crippen LogP contribution in [-0.4, -0.2) is 12.1 Å². The minimum absolute atomic E-state index is 0.147. The normalized spacial score (nSPS) is 10.9. The summed E-state index contributed by atoms with van der Waals surface area (Å²) in [7, 11) is 0. The third kappa shape index (κ3) is 6.24. The van der Waals surface area contributed by atoms with Crippen LogP contribution in [0.15, 0.2) is 87.7 Å². The Labute approximate surface area is 166 Å². The zero-order valence-corrected chi connectivity index (χ0v) is 15.8. The molecule has 0 aliphatic carbocycles. The summed E-state index contributed by atoms with van der Waals surface area (Å²) in [6.07, 6.45) is 1.73. The highest BCUT2D eigenvalue weighted by molar-refractivity contribution is 7.99. The topological polar surface area (TPSA) is 41.5 Å². The van der Waals surface area contributed by atoms with Crippen LogP contribution in [0.3, 0.4) is 0 Å². The van der Waals surface area contributed by atoms with E-state index in [0.29, 0.717) is 5.02 Å². The molecule has 0 heterocycles. The molecule has 27 heavy (non-hydrogen) atoms. The molecule has 0 radical (unpaired) electrons. The number of nitrogens with zero attached hydrogens (tertiary/aromatic N) is 1. The average Bonchev–Trinajstić information content (AvgIpc) is 2.67. The molecule has 0 spiro atoms. The largest absolute Gasteiger partial charge is 0.273 e. The highest BCUT2D eigenvalue weighted by atomic mass is 35.5. The van der Waals surface area contributed by atoms with Crippen LogP contribution in [0.2, 0.25) is 5.02 Å². The van der Waals surface area contributed by atoms with E-state index in [-0.39, 0.29) is 18.1 Å². The molecule has 1 N–H and O–H groups in total. The van der Waals surface area contributed by atoms with Gasteiger partial charge >= 0.3 is 0 Å². The monoisotopic (exact) mass is 398 g/mol. The molecule has 0 aliphatic heterocycles. The maximum absolute atomic E-state index is 12.9. The molecule has 3 aromatic carbocycles. The molecular formula is C21H16ClFN2OS. The van der Waals surface area contributed by atoms with Crippen molar-refractivity contribution in [1.82, 2.24) is 5.43 Å². The van der Waals surface area contributed by atoms with Crippen LogP contribution >= 0.6 is 23.4 Å². The summed E-state index contributed by atoms with van der Waals surface area (Å²) >= 11 is 7.53. The van der Waals surface area contributed by atoms with Gasteiger partial charge in [0.15, 0.2) is 0 Å². The van der Waals surface area contributed by atoms with Crippen LogP contribution in [0.1, 0.15) is 11.1 Å². The second kappa shape index (κ2) is 9.35. The van der Waals surface area contributed by atoms with Gasteiger partial charge in [-0.05, 0) is 59.7 Å². The second-order valence-electron chi connectivity index (χ2n) is 5.72. The van der Waals surface area contributed by atoms with E-state index >= 15 is 0 Å². The van der Waals surface area contributed by atoms with E-state index in [0.717, 1.165) is 20.9 Å². The lowest BCUT2D eigenvalue weighted by molar-refractivity contribution is -0.120. The Morgan fingerprint density at radius 1 is 0.963 bits per heavy atom. The molecular weight excluding hydrogens is 383 g/mol. The Kier molecular flexibility index (Phi) is 6.63. The molecule has 0 saturated heterocycles. The summed E-state index contributed by atoms with van der Waals surface area (Å²) in [5.74, 6) is -0.581. The predicted octanol–water partition coefficient (Wildman–Crippen LogP) is 5.32. The lowest BCUT2D eigenvalue weighted by Gasteiger charge is -2.03. The second-order valence-corrected chi connectivity index (χ2v) is 7.30. The first kappa shape index (κ1) is 19.1. The third-order valence-electron chi connectivity index (χ3n) is 3.61. The first-order chi connectivity index (χ1) is 13.1. The Bertz CT molecular complexity index is 926. The molecule has 0 aliphatic rings. The van der Waals surface area contributed by atoms with Crippen molar-refractivity contribution < 1.29 is 9.18 Å². The van der Waals surface area contributed by atoms with Gasteiger partial charge in [-0.15, -0.1) is 0 Å². The molecule has 0 unspecified atom stereocenters. The van der Waals surface area contributed by atoms with Crippen molar-refractivity contribution in [2.45, 2.75) is 16.2 Å². The molecule has 0 aromatic heterocycles. The number of hydrogen-bond acceptors (Lipinski definition) is 3. The van der Waals surface area contributed by atoms with E-state index in [4.69, 9.17) is 11.6 Å². The molecule has 3 aromatic rings. The fraction of sp³-hybridized carbons (Fsp3) is 0.0476. The zero-order valence-electron chi connectivity index (χ0n) is 14.2. The van der Waals surface area contributed by atoms with Crippen molar-refractivity contribution in [3.8, 4) is 0 Å². The summed E-state index contributed by atoms with van der Waals surface area (Å²) in [6, 6.07) is 21.3. The Hall–Kier alpha value is -2.63. The quantitative estimate of drug-likeness (QED) is 0.450. The molecule has 1 amide bonds. The number of amides is 1. The first-order valence-corrected chi connectivity index (χ1v) is 9.38. The van der Waals surface area contributed by atoms with Crippen molar-refractivity contribution in [3.05, 3.63) is 94.8 Å². The van der Waals surface area contributed by atoms with Gasteiger partial charge in [-0.2, -0.15) is 5.10 Å². The SMILES string of the molecule is O=C(Cc1ccc(F)cc1)N/N=C/c1ccc(Sc2ccc(Cl)cc2)cc1. The number of hydrazone groups is 1. The number of nitrogens with one attached hydrogen (secondary N) is 1. The van der Waals surface area contributed by atoms with Gasteiger partial charge in [-0.25, -0.2) is 9.82 Å². The van der Waals surface area contributed by atoms with Crippen LogP contribution < -0.4 is 5.43 Å². The maximum Gasteiger partial charge on any atom is 0.244 e. The van der Waals surface area contributed by atoms with E-state index in [1.807, 2.05) is 48.5 Å². The highest BCUT2D eigenvalue weighted by Crippen LogP contribution is 2.28.